The van der Waals surface area contributed by atoms with E-state index in [4.69, 9.17) is 5.73 Å². The summed E-state index contributed by atoms with van der Waals surface area (Å²) in [5, 5.41) is 9.31. The van der Waals surface area contributed by atoms with Gasteiger partial charge in [-0.05, 0) is 25.7 Å². The molecule has 3 N–H and O–H groups in total. The number of rotatable bonds is 7. The predicted molar refractivity (Wildman–Crippen MR) is 82.4 cm³/mol. The van der Waals surface area contributed by atoms with Gasteiger partial charge in [-0.1, -0.05) is 39.5 Å². The molecule has 4 heteroatoms. The molecule has 0 radical (unpaired) electrons. The van der Waals surface area contributed by atoms with E-state index < -0.39 is 0 Å². The van der Waals surface area contributed by atoms with E-state index in [1.807, 2.05) is 4.90 Å². The van der Waals surface area contributed by atoms with Crippen molar-refractivity contribution in [3.8, 4) is 0 Å². The lowest BCUT2D eigenvalue weighted by Gasteiger charge is -2.39. The second-order valence-electron chi connectivity index (χ2n) is 6.09. The average Bonchev–Trinajstić information content (AvgIpc) is 2.73. The van der Waals surface area contributed by atoms with Crippen LogP contribution in [0.1, 0.15) is 65.2 Å². The Labute approximate surface area is 123 Å². The van der Waals surface area contributed by atoms with Gasteiger partial charge < -0.3 is 15.7 Å². The molecule has 0 atom stereocenters. The Balaban J connectivity index is 2.94. The van der Waals surface area contributed by atoms with Crippen LogP contribution in [0.25, 0.3) is 0 Å². The van der Waals surface area contributed by atoms with Gasteiger partial charge in [-0.2, -0.15) is 0 Å². The Kier molecular flexibility index (Phi) is 7.52. The van der Waals surface area contributed by atoms with E-state index in [-0.39, 0.29) is 24.0 Å². The van der Waals surface area contributed by atoms with Gasteiger partial charge in [0.2, 0.25) is 5.91 Å². The van der Waals surface area contributed by atoms with Crippen LogP contribution in [-0.4, -0.2) is 41.7 Å². The van der Waals surface area contributed by atoms with Gasteiger partial charge >= 0.3 is 0 Å². The lowest BCUT2D eigenvalue weighted by molar-refractivity contribution is -0.146. The van der Waals surface area contributed by atoms with Crippen molar-refractivity contribution in [3.63, 3.8) is 0 Å². The van der Waals surface area contributed by atoms with Gasteiger partial charge in [0, 0.05) is 19.1 Å². The number of hydrogen-bond acceptors (Lipinski definition) is 3. The SMILES string of the molecule is CCC(CC)N(CCO)C(=O)C1(CN)CCCCCC1. The fourth-order valence-electron chi connectivity index (χ4n) is 3.50. The summed E-state index contributed by atoms with van der Waals surface area (Å²) in [5.41, 5.74) is 5.63. The molecule has 0 aromatic heterocycles. The molecule has 1 aliphatic rings. The fourth-order valence-corrected chi connectivity index (χ4v) is 3.50. The van der Waals surface area contributed by atoms with Crippen LogP contribution in [0.2, 0.25) is 0 Å². The average molecular weight is 284 g/mol. The molecule has 4 nitrogen and oxygen atoms in total. The molecule has 0 unspecified atom stereocenters. The van der Waals surface area contributed by atoms with Crippen LogP contribution in [0, 0.1) is 5.41 Å². The quantitative estimate of drug-likeness (QED) is 0.705. The molecule has 20 heavy (non-hydrogen) atoms. The number of nitrogens with two attached hydrogens (primary N) is 1. The maximum Gasteiger partial charge on any atom is 0.230 e. The number of nitrogens with zero attached hydrogens (tertiary/aromatic N) is 1. The van der Waals surface area contributed by atoms with Gasteiger partial charge in [-0.15, -0.1) is 0 Å². The maximum atomic E-state index is 13.1. The number of aliphatic hydroxyl groups excluding tert-OH is 1. The second kappa shape index (κ2) is 8.63. The molecule has 1 aliphatic carbocycles. The number of aliphatic hydroxyl groups is 1. The first-order valence-electron chi connectivity index (χ1n) is 8.27. The molecule has 0 aromatic rings. The molecule has 0 bridgehead atoms. The standard InChI is InChI=1S/C16H32N2O2/c1-3-14(4-2)18(11-12-19)15(20)16(13-17)9-7-5-6-8-10-16/h14,19H,3-13,17H2,1-2H3. The van der Waals surface area contributed by atoms with E-state index in [0.717, 1.165) is 38.5 Å². The molecule has 1 fully saturated rings. The summed E-state index contributed by atoms with van der Waals surface area (Å²) in [6.45, 7) is 5.12. The van der Waals surface area contributed by atoms with Crippen molar-refractivity contribution < 1.29 is 9.90 Å². The number of amides is 1. The largest absolute Gasteiger partial charge is 0.395 e. The smallest absolute Gasteiger partial charge is 0.230 e. The predicted octanol–water partition coefficient (Wildman–Crippen LogP) is 2.30. The third kappa shape index (κ3) is 3.95. The van der Waals surface area contributed by atoms with E-state index in [1.54, 1.807) is 0 Å². The van der Waals surface area contributed by atoms with Crippen molar-refractivity contribution in [1.82, 2.24) is 4.90 Å². The zero-order valence-corrected chi connectivity index (χ0v) is 13.2. The maximum absolute atomic E-state index is 13.1. The minimum Gasteiger partial charge on any atom is -0.395 e. The van der Waals surface area contributed by atoms with Crippen molar-refractivity contribution in [2.75, 3.05) is 19.7 Å². The van der Waals surface area contributed by atoms with Crippen LogP contribution >= 0.6 is 0 Å². The van der Waals surface area contributed by atoms with Gasteiger partial charge in [0.05, 0.1) is 12.0 Å². The highest BCUT2D eigenvalue weighted by Crippen LogP contribution is 2.36. The van der Waals surface area contributed by atoms with Gasteiger partial charge in [0.15, 0.2) is 0 Å². The number of hydrogen-bond donors (Lipinski definition) is 2. The Morgan fingerprint density at radius 2 is 1.75 bits per heavy atom. The van der Waals surface area contributed by atoms with Gasteiger partial charge in [0.1, 0.15) is 0 Å². The lowest BCUT2D eigenvalue weighted by atomic mass is 9.78. The Morgan fingerprint density at radius 1 is 1.20 bits per heavy atom. The summed E-state index contributed by atoms with van der Waals surface area (Å²) in [5.74, 6) is 0.185. The highest BCUT2D eigenvalue weighted by Gasteiger charge is 2.41. The third-order valence-corrected chi connectivity index (χ3v) is 4.89. The Morgan fingerprint density at radius 3 is 2.15 bits per heavy atom. The minimum atomic E-state index is -0.381. The van der Waals surface area contributed by atoms with Crippen LogP contribution in [0.4, 0.5) is 0 Å². The summed E-state index contributed by atoms with van der Waals surface area (Å²) >= 11 is 0. The summed E-state index contributed by atoms with van der Waals surface area (Å²) in [7, 11) is 0. The molecule has 0 spiro atoms. The Bertz CT molecular complexity index is 282. The molecule has 118 valence electrons. The third-order valence-electron chi connectivity index (χ3n) is 4.89. The highest BCUT2D eigenvalue weighted by molar-refractivity contribution is 5.83. The van der Waals surface area contributed by atoms with Crippen molar-refractivity contribution >= 4 is 5.91 Å². The van der Waals surface area contributed by atoms with Crippen LogP contribution in [0.3, 0.4) is 0 Å². The second-order valence-corrected chi connectivity index (χ2v) is 6.09. The number of carbonyl (C=O) groups is 1. The Hall–Kier alpha value is -0.610. The topological polar surface area (TPSA) is 66.6 Å². The zero-order chi connectivity index (χ0) is 15.0. The molecular formula is C16H32N2O2. The molecule has 0 saturated heterocycles. The van der Waals surface area contributed by atoms with Crippen LogP contribution < -0.4 is 5.73 Å². The van der Waals surface area contributed by atoms with Crippen LogP contribution in [0.5, 0.6) is 0 Å². The summed E-state index contributed by atoms with van der Waals surface area (Å²) in [6.07, 6.45) is 8.29. The van der Waals surface area contributed by atoms with E-state index in [2.05, 4.69) is 13.8 Å². The van der Waals surface area contributed by atoms with Crippen LogP contribution in [0.15, 0.2) is 0 Å². The van der Waals surface area contributed by atoms with Gasteiger partial charge in [-0.25, -0.2) is 0 Å². The summed E-state index contributed by atoms with van der Waals surface area (Å²) < 4.78 is 0. The fraction of sp³-hybridized carbons (Fsp3) is 0.938. The monoisotopic (exact) mass is 284 g/mol. The lowest BCUT2D eigenvalue weighted by Crippen LogP contribution is -2.52. The molecule has 1 rings (SSSR count). The summed E-state index contributed by atoms with van der Waals surface area (Å²) in [4.78, 5) is 15.0. The van der Waals surface area contributed by atoms with Crippen molar-refractivity contribution in [2.45, 2.75) is 71.3 Å². The van der Waals surface area contributed by atoms with Crippen LogP contribution in [-0.2, 0) is 4.79 Å². The van der Waals surface area contributed by atoms with E-state index in [0.29, 0.717) is 13.1 Å². The minimum absolute atomic E-state index is 0.0306. The van der Waals surface area contributed by atoms with E-state index in [1.165, 1.54) is 12.8 Å². The molecular weight excluding hydrogens is 252 g/mol. The van der Waals surface area contributed by atoms with E-state index >= 15 is 0 Å². The molecule has 1 amide bonds. The first-order valence-corrected chi connectivity index (χ1v) is 8.27. The first-order chi connectivity index (χ1) is 9.65. The first kappa shape index (κ1) is 17.4. The summed E-state index contributed by atoms with van der Waals surface area (Å²) in [6, 6.07) is 0.223. The van der Waals surface area contributed by atoms with Gasteiger partial charge in [-0.3, -0.25) is 4.79 Å². The normalized spacial score (nSPS) is 18.9. The molecule has 1 saturated carbocycles. The van der Waals surface area contributed by atoms with E-state index in [9.17, 15) is 9.90 Å². The zero-order valence-electron chi connectivity index (χ0n) is 13.2. The number of carbonyl (C=O) groups excluding carboxylic acids is 1. The molecule has 0 aromatic carbocycles. The van der Waals surface area contributed by atoms with Crippen molar-refractivity contribution in [1.29, 1.82) is 0 Å². The molecule has 0 aliphatic heterocycles. The van der Waals surface area contributed by atoms with Gasteiger partial charge in [0.25, 0.3) is 0 Å². The van der Waals surface area contributed by atoms with Crippen molar-refractivity contribution in [2.24, 2.45) is 11.1 Å². The highest BCUT2D eigenvalue weighted by atomic mass is 16.3. The van der Waals surface area contributed by atoms with Crippen molar-refractivity contribution in [3.05, 3.63) is 0 Å². The molecule has 0 heterocycles.